The molecule has 6 heteroatoms. The second-order valence-electron chi connectivity index (χ2n) is 7.33. The maximum Gasteiger partial charge on any atom is 0.152 e. The quantitative estimate of drug-likeness (QED) is 0.771. The Morgan fingerprint density at radius 2 is 1.96 bits per heavy atom. The van der Waals surface area contributed by atoms with E-state index in [0.29, 0.717) is 12.1 Å². The van der Waals surface area contributed by atoms with Crippen LogP contribution in [0.5, 0.6) is 0 Å². The summed E-state index contributed by atoms with van der Waals surface area (Å²) in [7, 11) is 0. The molecule has 0 aliphatic carbocycles. The number of morpholine rings is 1. The van der Waals surface area contributed by atoms with Crippen molar-refractivity contribution < 1.29 is 9.15 Å². The standard InChI is InChI=1S/C21H24N4O2/c1-2-4-16(5-3-1)20-15-26-14-17-12-24(10-11-25(17)20)13-18-6-7-21(27-18)19-8-9-22-23-19/h1-9,17,20H,10-15H2,(H,22,23)/t17-,20-/m1/s1. The Balaban J connectivity index is 1.25. The van der Waals surface area contributed by atoms with Gasteiger partial charge in [-0.05, 0) is 23.8 Å². The molecular weight excluding hydrogens is 340 g/mol. The molecule has 6 nitrogen and oxygen atoms in total. The molecule has 0 spiro atoms. The summed E-state index contributed by atoms with van der Waals surface area (Å²) in [5.74, 6) is 1.83. The number of hydrogen-bond acceptors (Lipinski definition) is 5. The SMILES string of the molecule is c1ccc([C@H]2COC[C@H]3CN(Cc4ccc(-c5ccn[nH]5)o4)CCN32)cc1. The molecule has 0 radical (unpaired) electrons. The first-order valence-electron chi connectivity index (χ1n) is 9.56. The van der Waals surface area contributed by atoms with E-state index in [9.17, 15) is 0 Å². The number of nitrogens with one attached hydrogen (secondary N) is 1. The minimum absolute atomic E-state index is 0.364. The number of furan rings is 1. The van der Waals surface area contributed by atoms with Gasteiger partial charge in [0, 0.05) is 31.9 Å². The highest BCUT2D eigenvalue weighted by atomic mass is 16.5. The molecule has 2 atom stereocenters. The van der Waals surface area contributed by atoms with Gasteiger partial charge in [-0.3, -0.25) is 14.9 Å². The van der Waals surface area contributed by atoms with E-state index in [0.717, 1.165) is 56.6 Å². The van der Waals surface area contributed by atoms with Gasteiger partial charge in [-0.15, -0.1) is 0 Å². The summed E-state index contributed by atoms with van der Waals surface area (Å²) in [6.07, 6.45) is 1.74. The molecule has 1 N–H and O–H groups in total. The minimum Gasteiger partial charge on any atom is -0.458 e. The minimum atomic E-state index is 0.364. The lowest BCUT2D eigenvalue weighted by Gasteiger charge is -2.48. The maximum atomic E-state index is 6.00. The van der Waals surface area contributed by atoms with Crippen molar-refractivity contribution in [1.82, 2.24) is 20.0 Å². The first-order valence-corrected chi connectivity index (χ1v) is 9.56. The number of aromatic nitrogens is 2. The fraction of sp³-hybridized carbons (Fsp3) is 0.381. The van der Waals surface area contributed by atoms with Gasteiger partial charge in [0.05, 0.1) is 25.8 Å². The predicted molar refractivity (Wildman–Crippen MR) is 102 cm³/mol. The molecule has 3 aromatic rings. The van der Waals surface area contributed by atoms with Gasteiger partial charge in [-0.2, -0.15) is 5.10 Å². The number of ether oxygens (including phenoxy) is 1. The van der Waals surface area contributed by atoms with Gasteiger partial charge in [-0.25, -0.2) is 0 Å². The van der Waals surface area contributed by atoms with E-state index in [1.54, 1.807) is 6.20 Å². The summed E-state index contributed by atoms with van der Waals surface area (Å²) in [4.78, 5) is 5.08. The van der Waals surface area contributed by atoms with Crippen LogP contribution in [0.2, 0.25) is 0 Å². The maximum absolute atomic E-state index is 6.00. The smallest absolute Gasteiger partial charge is 0.152 e. The second kappa shape index (κ2) is 7.31. The van der Waals surface area contributed by atoms with Crippen LogP contribution in [0.4, 0.5) is 0 Å². The zero-order chi connectivity index (χ0) is 18.1. The topological polar surface area (TPSA) is 57.5 Å². The van der Waals surface area contributed by atoms with Gasteiger partial charge in [0.1, 0.15) is 11.5 Å². The van der Waals surface area contributed by atoms with Gasteiger partial charge in [0.15, 0.2) is 5.76 Å². The lowest BCUT2D eigenvalue weighted by Crippen LogP contribution is -2.58. The Bertz CT molecular complexity index is 861. The van der Waals surface area contributed by atoms with E-state index in [1.165, 1.54) is 5.56 Å². The number of hydrogen-bond donors (Lipinski definition) is 1. The molecule has 27 heavy (non-hydrogen) atoms. The van der Waals surface area contributed by atoms with Crippen molar-refractivity contribution in [3.8, 4) is 11.5 Å². The van der Waals surface area contributed by atoms with Crippen molar-refractivity contribution in [2.45, 2.75) is 18.6 Å². The van der Waals surface area contributed by atoms with E-state index in [2.05, 4.69) is 56.4 Å². The average Bonchev–Trinajstić information content (AvgIpc) is 3.40. The van der Waals surface area contributed by atoms with Crippen molar-refractivity contribution in [1.29, 1.82) is 0 Å². The molecule has 2 saturated heterocycles. The van der Waals surface area contributed by atoms with Crippen LogP contribution in [0.1, 0.15) is 17.4 Å². The third kappa shape index (κ3) is 3.43. The summed E-state index contributed by atoms with van der Waals surface area (Å²) in [5, 5.41) is 6.93. The summed E-state index contributed by atoms with van der Waals surface area (Å²) >= 11 is 0. The molecule has 140 valence electrons. The van der Waals surface area contributed by atoms with Crippen molar-refractivity contribution in [2.24, 2.45) is 0 Å². The van der Waals surface area contributed by atoms with Crippen LogP contribution < -0.4 is 0 Å². The third-order valence-corrected chi connectivity index (χ3v) is 5.59. The molecule has 2 aromatic heterocycles. The Morgan fingerprint density at radius 1 is 1.04 bits per heavy atom. The van der Waals surface area contributed by atoms with Crippen LogP contribution in [-0.2, 0) is 11.3 Å². The number of rotatable bonds is 4. The van der Waals surface area contributed by atoms with Crippen molar-refractivity contribution >= 4 is 0 Å². The lowest BCUT2D eigenvalue weighted by atomic mass is 10.00. The zero-order valence-corrected chi connectivity index (χ0v) is 15.3. The highest BCUT2D eigenvalue weighted by molar-refractivity contribution is 5.51. The van der Waals surface area contributed by atoms with Crippen molar-refractivity contribution in [2.75, 3.05) is 32.8 Å². The van der Waals surface area contributed by atoms with E-state index >= 15 is 0 Å². The van der Waals surface area contributed by atoms with Crippen LogP contribution in [0.25, 0.3) is 11.5 Å². The normalized spacial score (nSPS) is 24.0. The Labute approximate surface area is 158 Å². The number of aromatic amines is 1. The third-order valence-electron chi connectivity index (χ3n) is 5.59. The monoisotopic (exact) mass is 364 g/mol. The molecule has 0 amide bonds. The second-order valence-corrected chi connectivity index (χ2v) is 7.33. The van der Waals surface area contributed by atoms with Crippen LogP contribution in [-0.4, -0.2) is 58.9 Å². The van der Waals surface area contributed by atoms with E-state index < -0.39 is 0 Å². The Hall–Kier alpha value is -2.41. The molecule has 0 bridgehead atoms. The molecule has 1 aromatic carbocycles. The van der Waals surface area contributed by atoms with Gasteiger partial charge in [0.25, 0.3) is 0 Å². The molecule has 0 unspecified atom stereocenters. The van der Waals surface area contributed by atoms with E-state index in [1.807, 2.05) is 12.1 Å². The molecule has 4 heterocycles. The number of H-pyrrole nitrogens is 1. The number of piperazine rings is 1. The largest absolute Gasteiger partial charge is 0.458 e. The van der Waals surface area contributed by atoms with Gasteiger partial charge < -0.3 is 9.15 Å². The van der Waals surface area contributed by atoms with Crippen LogP contribution in [0, 0.1) is 0 Å². The lowest BCUT2D eigenvalue weighted by molar-refractivity contribution is -0.0842. The van der Waals surface area contributed by atoms with Crippen molar-refractivity contribution in [3.05, 3.63) is 66.1 Å². The highest BCUT2D eigenvalue weighted by Crippen LogP contribution is 2.30. The highest BCUT2D eigenvalue weighted by Gasteiger charge is 2.36. The van der Waals surface area contributed by atoms with Crippen molar-refractivity contribution in [3.63, 3.8) is 0 Å². The summed E-state index contributed by atoms with van der Waals surface area (Å²) in [6.45, 7) is 5.52. The molecule has 2 fully saturated rings. The summed E-state index contributed by atoms with van der Waals surface area (Å²) < 4.78 is 12.0. The number of benzene rings is 1. The molecular formula is C21H24N4O2. The summed E-state index contributed by atoms with van der Waals surface area (Å²) in [5.41, 5.74) is 2.27. The predicted octanol–water partition coefficient (Wildman–Crippen LogP) is 2.93. The van der Waals surface area contributed by atoms with Crippen LogP contribution in [0.15, 0.2) is 59.1 Å². The van der Waals surface area contributed by atoms with Gasteiger partial charge >= 0.3 is 0 Å². The van der Waals surface area contributed by atoms with Gasteiger partial charge in [-0.1, -0.05) is 30.3 Å². The molecule has 5 rings (SSSR count). The van der Waals surface area contributed by atoms with Crippen LogP contribution in [0.3, 0.4) is 0 Å². The first kappa shape index (κ1) is 16.7. The van der Waals surface area contributed by atoms with Crippen LogP contribution >= 0.6 is 0 Å². The number of nitrogens with zero attached hydrogens (tertiary/aromatic N) is 3. The summed E-state index contributed by atoms with van der Waals surface area (Å²) in [6, 6.07) is 17.5. The molecule has 2 aliphatic rings. The fourth-order valence-electron chi connectivity index (χ4n) is 4.23. The number of fused-ring (bicyclic) bond motifs is 1. The van der Waals surface area contributed by atoms with E-state index in [4.69, 9.17) is 9.15 Å². The molecule has 0 saturated carbocycles. The Kier molecular flexibility index (Phi) is 4.53. The van der Waals surface area contributed by atoms with Gasteiger partial charge in [0.2, 0.25) is 0 Å². The first-order chi connectivity index (χ1) is 13.4. The molecule has 2 aliphatic heterocycles. The zero-order valence-electron chi connectivity index (χ0n) is 15.3. The van der Waals surface area contributed by atoms with E-state index in [-0.39, 0.29) is 0 Å². The fourth-order valence-corrected chi connectivity index (χ4v) is 4.23. The Morgan fingerprint density at radius 3 is 2.81 bits per heavy atom. The average molecular weight is 364 g/mol.